The van der Waals surface area contributed by atoms with Crippen LogP contribution in [0.4, 0.5) is 0 Å². The summed E-state index contributed by atoms with van der Waals surface area (Å²) in [5, 5.41) is 3.08. The van der Waals surface area contributed by atoms with E-state index in [2.05, 4.69) is 36.2 Å². The highest BCUT2D eigenvalue weighted by atomic mass is 16.1. The van der Waals surface area contributed by atoms with Crippen LogP contribution in [0.25, 0.3) is 5.57 Å². The first-order chi connectivity index (χ1) is 9.29. The zero-order valence-corrected chi connectivity index (χ0v) is 10.6. The van der Waals surface area contributed by atoms with Crippen LogP contribution in [-0.2, 0) is 4.79 Å². The Kier molecular flexibility index (Phi) is 2.97. The largest absolute Gasteiger partial charge is 0.349 e. The molecule has 1 aromatic rings. The van der Waals surface area contributed by atoms with Crippen molar-refractivity contribution < 1.29 is 4.79 Å². The summed E-state index contributed by atoms with van der Waals surface area (Å²) in [6, 6.07) is 12.1. The molecule has 4 rings (SSSR count). The van der Waals surface area contributed by atoms with Gasteiger partial charge in [-0.05, 0) is 29.7 Å². The number of carbonyl (C=O) groups is 1. The van der Waals surface area contributed by atoms with Crippen LogP contribution >= 0.6 is 0 Å². The molecule has 0 aliphatic heterocycles. The smallest absolute Gasteiger partial charge is 0.224 e. The number of amides is 1. The van der Waals surface area contributed by atoms with E-state index in [1.807, 2.05) is 18.2 Å². The monoisotopic (exact) mass is 249 g/mol. The number of nitrogens with one attached hydrogen (secondary N) is 1. The quantitative estimate of drug-likeness (QED) is 0.817. The van der Waals surface area contributed by atoms with E-state index in [1.54, 1.807) is 6.08 Å². The molecule has 94 valence electrons. The molecule has 19 heavy (non-hydrogen) atoms. The van der Waals surface area contributed by atoms with Crippen molar-refractivity contribution in [3.8, 4) is 0 Å². The molecule has 2 nitrogen and oxygen atoms in total. The summed E-state index contributed by atoms with van der Waals surface area (Å²) in [5.41, 5.74) is 3.63. The normalized spacial score (nSPS) is 23.4. The molecule has 3 aliphatic rings. The van der Waals surface area contributed by atoms with Crippen molar-refractivity contribution >= 4 is 11.5 Å². The van der Waals surface area contributed by atoms with E-state index in [0.29, 0.717) is 12.3 Å². The predicted octanol–water partition coefficient (Wildman–Crippen LogP) is 2.69. The molecule has 1 aromatic carbocycles. The van der Waals surface area contributed by atoms with Gasteiger partial charge < -0.3 is 5.32 Å². The molecule has 2 bridgehead atoms. The van der Waals surface area contributed by atoms with E-state index >= 15 is 0 Å². The van der Waals surface area contributed by atoms with Gasteiger partial charge >= 0.3 is 0 Å². The lowest BCUT2D eigenvalue weighted by Crippen LogP contribution is -2.50. The SMILES string of the molecule is C=CCC(=O)NC1C2=CC=C(c3c#cccc3)C1C2. The van der Waals surface area contributed by atoms with E-state index < -0.39 is 0 Å². The van der Waals surface area contributed by atoms with Crippen LogP contribution in [0.3, 0.4) is 0 Å². The van der Waals surface area contributed by atoms with E-state index in [0.717, 1.165) is 12.0 Å². The Bertz CT molecular complexity index is 568. The first kappa shape index (κ1) is 11.8. The minimum absolute atomic E-state index is 0.0421. The second-order valence-electron chi connectivity index (χ2n) is 4.92. The third kappa shape index (κ3) is 2.08. The summed E-state index contributed by atoms with van der Waals surface area (Å²) < 4.78 is 0. The van der Waals surface area contributed by atoms with Gasteiger partial charge in [-0.1, -0.05) is 36.4 Å². The van der Waals surface area contributed by atoms with E-state index in [9.17, 15) is 4.79 Å². The Labute approximate surface area is 113 Å². The van der Waals surface area contributed by atoms with Gasteiger partial charge in [0.05, 0.1) is 6.04 Å². The van der Waals surface area contributed by atoms with Crippen LogP contribution in [0.1, 0.15) is 18.4 Å². The van der Waals surface area contributed by atoms with Crippen molar-refractivity contribution in [1.82, 2.24) is 5.32 Å². The first-order valence-electron chi connectivity index (χ1n) is 6.49. The summed E-state index contributed by atoms with van der Waals surface area (Å²) in [4.78, 5) is 11.7. The third-order valence-electron chi connectivity index (χ3n) is 3.74. The molecule has 0 aromatic heterocycles. The standard InChI is InChI=1S/C17H15NO/c1-2-6-16(19)18-17-13-9-10-14(15(17)11-13)12-7-4-3-5-8-12/h2-4,7,9-10,15,17H,1,6,11H2,(H,18,19). The summed E-state index contributed by atoms with van der Waals surface area (Å²) in [5.74, 6) is 0.418. The van der Waals surface area contributed by atoms with Gasteiger partial charge in [0.1, 0.15) is 0 Å². The van der Waals surface area contributed by atoms with Gasteiger partial charge in [-0.2, -0.15) is 0 Å². The third-order valence-corrected chi connectivity index (χ3v) is 3.74. The van der Waals surface area contributed by atoms with Crippen LogP contribution in [0.2, 0.25) is 0 Å². The molecule has 2 heteroatoms. The lowest BCUT2D eigenvalue weighted by Gasteiger charge is -2.44. The molecular weight excluding hydrogens is 234 g/mol. The van der Waals surface area contributed by atoms with Gasteiger partial charge in [-0.15, -0.1) is 6.58 Å². The minimum atomic E-state index is 0.0421. The van der Waals surface area contributed by atoms with Crippen molar-refractivity contribution in [2.24, 2.45) is 5.92 Å². The molecule has 1 saturated carbocycles. The molecule has 0 heterocycles. The molecule has 3 aliphatic carbocycles. The number of carbonyl (C=O) groups excluding carboxylic acids is 1. The molecule has 0 spiro atoms. The fraction of sp³-hybridized carbons (Fsp3) is 0.235. The van der Waals surface area contributed by atoms with Gasteiger partial charge in [-0.25, -0.2) is 0 Å². The zero-order valence-electron chi connectivity index (χ0n) is 10.6. The van der Waals surface area contributed by atoms with Gasteiger partial charge in [0.2, 0.25) is 5.91 Å². The molecule has 1 fully saturated rings. The number of hydrogen-bond acceptors (Lipinski definition) is 1. The maximum atomic E-state index is 11.7. The second-order valence-corrected chi connectivity index (χ2v) is 4.92. The average Bonchev–Trinajstić information content (AvgIpc) is 2.46. The Morgan fingerprint density at radius 1 is 1.53 bits per heavy atom. The topological polar surface area (TPSA) is 29.1 Å². The van der Waals surface area contributed by atoms with Crippen LogP contribution in [0.15, 0.2) is 48.6 Å². The van der Waals surface area contributed by atoms with Gasteiger partial charge in [0.15, 0.2) is 0 Å². The van der Waals surface area contributed by atoms with Crippen molar-refractivity contribution in [3.05, 3.63) is 66.3 Å². The molecule has 0 saturated heterocycles. The lowest BCUT2D eigenvalue weighted by atomic mass is 9.65. The highest BCUT2D eigenvalue weighted by molar-refractivity contribution is 5.81. The second kappa shape index (κ2) is 4.78. The maximum absolute atomic E-state index is 11.7. The predicted molar refractivity (Wildman–Crippen MR) is 75.0 cm³/mol. The summed E-state index contributed by atoms with van der Waals surface area (Å²) in [7, 11) is 0. The van der Waals surface area contributed by atoms with Gasteiger partial charge in [0, 0.05) is 17.9 Å². The number of hydrogen-bond donors (Lipinski definition) is 1. The summed E-state index contributed by atoms with van der Waals surface area (Å²) >= 11 is 0. The van der Waals surface area contributed by atoms with Crippen molar-refractivity contribution in [2.45, 2.75) is 18.9 Å². The Morgan fingerprint density at radius 2 is 2.42 bits per heavy atom. The number of rotatable bonds is 4. The minimum Gasteiger partial charge on any atom is -0.349 e. The van der Waals surface area contributed by atoms with Crippen LogP contribution in [0.5, 0.6) is 0 Å². The number of fused-ring (bicyclic) bond motifs is 1. The highest BCUT2D eigenvalue weighted by Crippen LogP contribution is 2.46. The Hall–Kier alpha value is -2.27. The van der Waals surface area contributed by atoms with E-state index in [-0.39, 0.29) is 11.9 Å². The van der Waals surface area contributed by atoms with Gasteiger partial charge in [0.25, 0.3) is 0 Å². The van der Waals surface area contributed by atoms with Crippen molar-refractivity contribution in [3.63, 3.8) is 0 Å². The average molecular weight is 249 g/mol. The van der Waals surface area contributed by atoms with Crippen molar-refractivity contribution in [1.29, 1.82) is 0 Å². The van der Waals surface area contributed by atoms with Crippen LogP contribution in [-0.4, -0.2) is 11.9 Å². The summed E-state index contributed by atoms with van der Waals surface area (Å²) in [6.07, 6.45) is 7.30. The van der Waals surface area contributed by atoms with Crippen molar-refractivity contribution in [2.75, 3.05) is 0 Å². The molecule has 1 N–H and O–H groups in total. The molecule has 1 amide bonds. The van der Waals surface area contributed by atoms with E-state index in [1.165, 1.54) is 11.1 Å². The molecule has 2 atom stereocenters. The Morgan fingerprint density at radius 3 is 3.11 bits per heavy atom. The number of allylic oxidation sites excluding steroid dienone is 2. The fourth-order valence-electron chi connectivity index (χ4n) is 2.75. The lowest BCUT2D eigenvalue weighted by molar-refractivity contribution is -0.121. The zero-order chi connectivity index (χ0) is 13.2. The highest BCUT2D eigenvalue weighted by Gasteiger charge is 2.41. The first-order valence-corrected chi connectivity index (χ1v) is 6.49. The summed E-state index contributed by atoms with van der Waals surface area (Å²) in [6.45, 7) is 3.59. The molecular formula is C17H15NO. The van der Waals surface area contributed by atoms with Gasteiger partial charge in [-0.3, -0.25) is 4.79 Å². The molecule has 2 unspecified atom stereocenters. The van der Waals surface area contributed by atoms with Crippen LogP contribution < -0.4 is 5.32 Å². The Balaban J connectivity index is 1.77. The van der Waals surface area contributed by atoms with Crippen LogP contribution in [0, 0.1) is 18.1 Å². The van der Waals surface area contributed by atoms with E-state index in [4.69, 9.17) is 0 Å². The maximum Gasteiger partial charge on any atom is 0.224 e. The fourth-order valence-corrected chi connectivity index (χ4v) is 2.75. The molecule has 0 radical (unpaired) electrons.